The number of carbonyl (C=O) groups is 1. The van der Waals surface area contributed by atoms with Crippen LogP contribution in [0.3, 0.4) is 0 Å². The fourth-order valence-electron chi connectivity index (χ4n) is 5.89. The number of rotatable bonds is 5. The van der Waals surface area contributed by atoms with Crippen LogP contribution in [-0.2, 0) is 0 Å². The van der Waals surface area contributed by atoms with Crippen molar-refractivity contribution < 1.29 is 4.79 Å². The van der Waals surface area contributed by atoms with Gasteiger partial charge in [-0.3, -0.25) is 9.78 Å². The zero-order valence-electron chi connectivity index (χ0n) is 13.9. The number of nitrogens with zero attached hydrogens (tertiary/aromatic N) is 2. The maximum Gasteiger partial charge on any atom is 0.256 e. The number of amides is 1. The van der Waals surface area contributed by atoms with Crippen LogP contribution >= 0.6 is 11.8 Å². The molecule has 0 aliphatic heterocycles. The molecular weight excluding hydrogens is 304 g/mol. The predicted molar refractivity (Wildman–Crippen MR) is 94.3 cm³/mol. The summed E-state index contributed by atoms with van der Waals surface area (Å²) in [7, 11) is 0. The highest BCUT2D eigenvalue weighted by molar-refractivity contribution is 7.98. The molecule has 4 aliphatic rings. The van der Waals surface area contributed by atoms with E-state index in [1.807, 2.05) is 12.1 Å². The van der Waals surface area contributed by atoms with Crippen LogP contribution in [-0.4, -0.2) is 34.5 Å². The van der Waals surface area contributed by atoms with Gasteiger partial charge in [-0.1, -0.05) is 0 Å². The molecule has 0 unspecified atom stereocenters. The van der Waals surface area contributed by atoms with Gasteiger partial charge in [0.2, 0.25) is 0 Å². The lowest BCUT2D eigenvalue weighted by Crippen LogP contribution is -2.52. The minimum atomic E-state index is 0.156. The van der Waals surface area contributed by atoms with Gasteiger partial charge in [-0.15, -0.1) is 11.8 Å². The van der Waals surface area contributed by atoms with Crippen molar-refractivity contribution in [3.05, 3.63) is 30.1 Å². The predicted octanol–water partition coefficient (Wildman–Crippen LogP) is 4.06. The summed E-state index contributed by atoms with van der Waals surface area (Å²) in [6, 6.07) is 3.75. The summed E-state index contributed by atoms with van der Waals surface area (Å²) in [6.45, 7) is 0.949. The number of pyridine rings is 1. The summed E-state index contributed by atoms with van der Waals surface area (Å²) in [5.41, 5.74) is 1.13. The smallest absolute Gasteiger partial charge is 0.256 e. The molecule has 0 N–H and O–H groups in total. The van der Waals surface area contributed by atoms with Gasteiger partial charge in [-0.25, -0.2) is 0 Å². The number of aromatic nitrogens is 1. The number of thioether (sulfide) groups is 1. The Morgan fingerprint density at radius 1 is 1.26 bits per heavy atom. The molecule has 0 atom stereocenters. The summed E-state index contributed by atoms with van der Waals surface area (Å²) in [5.74, 6) is 3.75. The second-order valence-corrected chi connectivity index (χ2v) is 8.92. The average Bonchev–Trinajstić information content (AvgIpc) is 2.53. The van der Waals surface area contributed by atoms with E-state index < -0.39 is 0 Å². The van der Waals surface area contributed by atoms with Crippen molar-refractivity contribution in [3.8, 4) is 0 Å². The van der Waals surface area contributed by atoms with Crippen LogP contribution in [0.5, 0.6) is 0 Å². The molecule has 3 nitrogen and oxygen atoms in total. The molecule has 4 saturated carbocycles. The lowest BCUT2D eigenvalue weighted by molar-refractivity contribution is -0.0635. The fourth-order valence-corrected chi connectivity index (χ4v) is 6.41. The molecule has 0 aromatic carbocycles. The second kappa shape index (κ2) is 6.12. The molecule has 0 saturated heterocycles. The van der Waals surface area contributed by atoms with Gasteiger partial charge in [-0.2, -0.15) is 0 Å². The summed E-state index contributed by atoms with van der Waals surface area (Å²) < 4.78 is 0. The Morgan fingerprint density at radius 2 is 1.91 bits per heavy atom. The number of hydrogen-bond donors (Lipinski definition) is 0. The van der Waals surface area contributed by atoms with E-state index >= 15 is 0 Å². The Kier molecular flexibility index (Phi) is 4.12. The third kappa shape index (κ3) is 3.02. The zero-order chi connectivity index (χ0) is 15.9. The average molecular weight is 330 g/mol. The normalized spacial score (nSPS) is 34.6. The first-order chi connectivity index (χ1) is 11.2. The van der Waals surface area contributed by atoms with Crippen molar-refractivity contribution in [3.63, 3.8) is 0 Å². The van der Waals surface area contributed by atoms with E-state index in [1.54, 1.807) is 24.2 Å². The molecule has 1 amide bonds. The Balaban J connectivity index is 1.53. The van der Waals surface area contributed by atoms with E-state index in [2.05, 4.69) is 16.1 Å². The molecular formula is C19H26N2OS. The van der Waals surface area contributed by atoms with E-state index in [0.717, 1.165) is 35.7 Å². The molecule has 4 fully saturated rings. The lowest BCUT2D eigenvalue weighted by Gasteiger charge is -2.57. The molecule has 4 heteroatoms. The third-order valence-electron chi connectivity index (χ3n) is 6.17. The van der Waals surface area contributed by atoms with Gasteiger partial charge in [0.15, 0.2) is 0 Å². The van der Waals surface area contributed by atoms with Crippen LogP contribution in [0.15, 0.2) is 24.5 Å². The van der Waals surface area contributed by atoms with Gasteiger partial charge in [0.05, 0.1) is 11.4 Å². The molecule has 124 valence electrons. The molecule has 4 bridgehead atoms. The molecule has 1 aromatic heterocycles. The highest BCUT2D eigenvalue weighted by atomic mass is 32.2. The Hall–Kier alpha value is -1.03. The lowest BCUT2D eigenvalue weighted by atomic mass is 9.49. The van der Waals surface area contributed by atoms with Crippen LogP contribution in [0.25, 0.3) is 0 Å². The first-order valence-electron chi connectivity index (χ1n) is 8.86. The second-order valence-electron chi connectivity index (χ2n) is 8.08. The standard InChI is InChI=1S/C19H26N2OS/c1-23-13-21(18(22)17-3-2-4-20-11-17)12-19-8-14-5-15(9-19)7-16(6-14)10-19/h2-4,11,14-16H,5-10,12-13H2,1H3. The monoisotopic (exact) mass is 330 g/mol. The van der Waals surface area contributed by atoms with E-state index in [0.29, 0.717) is 5.41 Å². The first-order valence-corrected chi connectivity index (χ1v) is 10.2. The fraction of sp³-hybridized carbons (Fsp3) is 0.684. The maximum absolute atomic E-state index is 12.9. The highest BCUT2D eigenvalue weighted by Gasteiger charge is 2.51. The molecule has 1 heterocycles. The third-order valence-corrected chi connectivity index (χ3v) is 6.74. The van der Waals surface area contributed by atoms with Gasteiger partial charge >= 0.3 is 0 Å². The van der Waals surface area contributed by atoms with Crippen LogP contribution in [0, 0.1) is 23.2 Å². The van der Waals surface area contributed by atoms with Gasteiger partial charge < -0.3 is 4.90 Å². The van der Waals surface area contributed by atoms with Crippen LogP contribution in [0.4, 0.5) is 0 Å². The number of carbonyl (C=O) groups excluding carboxylic acids is 1. The van der Waals surface area contributed by atoms with Gasteiger partial charge in [0.1, 0.15) is 0 Å². The molecule has 1 aromatic rings. The quantitative estimate of drug-likeness (QED) is 0.763. The van der Waals surface area contributed by atoms with Crippen molar-refractivity contribution >= 4 is 17.7 Å². The summed E-state index contributed by atoms with van der Waals surface area (Å²) in [6.07, 6.45) is 13.9. The van der Waals surface area contributed by atoms with Gasteiger partial charge in [-0.05, 0) is 80.1 Å². The Labute approximate surface area is 143 Å². The van der Waals surface area contributed by atoms with Gasteiger partial charge in [0.25, 0.3) is 5.91 Å². The van der Waals surface area contributed by atoms with Crippen molar-refractivity contribution in [2.45, 2.75) is 38.5 Å². The van der Waals surface area contributed by atoms with Crippen molar-refractivity contribution in [2.75, 3.05) is 18.7 Å². The minimum Gasteiger partial charge on any atom is -0.329 e. The maximum atomic E-state index is 12.9. The van der Waals surface area contributed by atoms with E-state index in [4.69, 9.17) is 0 Å². The van der Waals surface area contributed by atoms with Crippen molar-refractivity contribution in [1.82, 2.24) is 9.88 Å². The molecule has 23 heavy (non-hydrogen) atoms. The highest BCUT2D eigenvalue weighted by Crippen LogP contribution is 2.60. The molecule has 4 aliphatic carbocycles. The van der Waals surface area contributed by atoms with Crippen molar-refractivity contribution in [1.29, 1.82) is 0 Å². The Bertz CT molecular complexity index is 539. The molecule has 0 spiro atoms. The zero-order valence-corrected chi connectivity index (χ0v) is 14.7. The molecule has 5 rings (SSSR count). The van der Waals surface area contributed by atoms with Crippen LogP contribution < -0.4 is 0 Å². The topological polar surface area (TPSA) is 33.2 Å². The largest absolute Gasteiger partial charge is 0.329 e. The number of hydrogen-bond acceptors (Lipinski definition) is 3. The summed E-state index contributed by atoms with van der Waals surface area (Å²) >= 11 is 1.75. The van der Waals surface area contributed by atoms with Gasteiger partial charge in [0, 0.05) is 18.9 Å². The van der Waals surface area contributed by atoms with E-state index in [1.165, 1.54) is 38.5 Å². The summed E-state index contributed by atoms with van der Waals surface area (Å²) in [5, 5.41) is 0. The molecule has 0 radical (unpaired) electrons. The minimum absolute atomic E-state index is 0.156. The SMILES string of the molecule is CSCN(CC12CC3CC(CC(C3)C1)C2)C(=O)c1cccnc1. The summed E-state index contributed by atoms with van der Waals surface area (Å²) in [4.78, 5) is 19.1. The van der Waals surface area contributed by atoms with Crippen molar-refractivity contribution in [2.24, 2.45) is 23.2 Å². The Morgan fingerprint density at radius 3 is 2.43 bits per heavy atom. The van der Waals surface area contributed by atoms with Crippen LogP contribution in [0.2, 0.25) is 0 Å². The van der Waals surface area contributed by atoms with E-state index in [9.17, 15) is 4.79 Å². The van der Waals surface area contributed by atoms with Crippen LogP contribution in [0.1, 0.15) is 48.9 Å². The van der Waals surface area contributed by atoms with E-state index in [-0.39, 0.29) is 5.91 Å². The first kappa shape index (κ1) is 15.5.